The molecule has 3 rings (SSSR count). The summed E-state index contributed by atoms with van der Waals surface area (Å²) >= 11 is 0. The second kappa shape index (κ2) is 5.20. The van der Waals surface area contributed by atoms with Gasteiger partial charge in [0.1, 0.15) is 0 Å². The molecule has 0 saturated heterocycles. The van der Waals surface area contributed by atoms with Gasteiger partial charge in [0.15, 0.2) is 0 Å². The van der Waals surface area contributed by atoms with Gasteiger partial charge in [-0.15, -0.1) is 0 Å². The van der Waals surface area contributed by atoms with Crippen LogP contribution in [0.2, 0.25) is 0 Å². The molecular weight excluding hydrogens is 266 g/mol. The number of hydrogen-bond acceptors (Lipinski definition) is 3. The lowest BCUT2D eigenvalue weighted by Gasteiger charge is -2.01. The number of rotatable bonds is 3. The summed E-state index contributed by atoms with van der Waals surface area (Å²) in [5, 5.41) is 15.4. The minimum Gasteiger partial charge on any atom is -0.258 e. The average Bonchev–Trinajstić information content (AvgIpc) is 2.97. The number of aryl methyl sites for hydroxylation is 1. The van der Waals surface area contributed by atoms with E-state index < -0.39 is 0 Å². The Labute approximate surface area is 121 Å². The molecule has 0 fully saturated rings. The fourth-order valence-corrected chi connectivity index (χ4v) is 2.18. The Morgan fingerprint density at radius 1 is 1.10 bits per heavy atom. The molecule has 0 amide bonds. The molecule has 104 valence electrons. The van der Waals surface area contributed by atoms with Crippen molar-refractivity contribution in [3.8, 4) is 16.8 Å². The Balaban J connectivity index is 2.03. The van der Waals surface area contributed by atoms with Gasteiger partial charge in [-0.3, -0.25) is 10.1 Å². The number of aromatic nitrogens is 2. The van der Waals surface area contributed by atoms with Crippen LogP contribution in [0, 0.1) is 17.0 Å². The Hall–Kier alpha value is -2.95. The molecule has 0 atom stereocenters. The number of hydrogen-bond donors (Lipinski definition) is 0. The number of nitro groups is 1. The van der Waals surface area contributed by atoms with E-state index in [1.807, 2.05) is 31.2 Å². The summed E-state index contributed by atoms with van der Waals surface area (Å²) < 4.78 is 1.71. The molecular formula is C16H13N3O2. The normalized spacial score (nSPS) is 10.5. The largest absolute Gasteiger partial charge is 0.277 e. The second-order valence-corrected chi connectivity index (χ2v) is 4.78. The zero-order chi connectivity index (χ0) is 14.8. The van der Waals surface area contributed by atoms with E-state index in [-0.39, 0.29) is 10.6 Å². The summed E-state index contributed by atoms with van der Waals surface area (Å²) in [7, 11) is 0. The van der Waals surface area contributed by atoms with E-state index >= 15 is 0 Å². The molecule has 0 radical (unpaired) electrons. The molecule has 0 bridgehead atoms. The van der Waals surface area contributed by atoms with Gasteiger partial charge in [-0.25, -0.2) is 4.68 Å². The average molecular weight is 279 g/mol. The molecule has 0 aliphatic carbocycles. The van der Waals surface area contributed by atoms with Crippen molar-refractivity contribution in [3.63, 3.8) is 0 Å². The second-order valence-electron chi connectivity index (χ2n) is 4.78. The maximum absolute atomic E-state index is 11.1. The number of para-hydroxylation sites is 1. The van der Waals surface area contributed by atoms with Crippen molar-refractivity contribution < 1.29 is 4.92 Å². The third-order valence-electron chi connectivity index (χ3n) is 3.29. The summed E-state index contributed by atoms with van der Waals surface area (Å²) in [6.45, 7) is 2.02. The summed E-state index contributed by atoms with van der Waals surface area (Å²) in [5.41, 5.74) is 3.47. The van der Waals surface area contributed by atoms with Crippen molar-refractivity contribution in [2.75, 3.05) is 0 Å². The van der Waals surface area contributed by atoms with Crippen LogP contribution in [-0.2, 0) is 0 Å². The smallest absolute Gasteiger partial charge is 0.258 e. The molecule has 0 aliphatic rings. The standard InChI is InChI=1S/C16H13N3O2/c1-12-6-8-14(9-7-12)18-11-13(10-17-18)15-4-2-3-5-16(15)19(20)21/h2-11H,1H3. The summed E-state index contributed by atoms with van der Waals surface area (Å²) in [5.74, 6) is 0. The van der Waals surface area contributed by atoms with Crippen LogP contribution in [0.25, 0.3) is 16.8 Å². The Kier molecular flexibility index (Phi) is 3.23. The third kappa shape index (κ3) is 2.53. The molecule has 0 unspecified atom stereocenters. The van der Waals surface area contributed by atoms with Gasteiger partial charge in [-0.1, -0.05) is 29.8 Å². The molecule has 2 aromatic carbocycles. The maximum atomic E-state index is 11.1. The fourth-order valence-electron chi connectivity index (χ4n) is 2.18. The number of nitro benzene ring substituents is 1. The molecule has 5 nitrogen and oxygen atoms in total. The lowest BCUT2D eigenvalue weighted by Crippen LogP contribution is -1.93. The molecule has 3 aromatic rings. The molecule has 0 spiro atoms. The van der Waals surface area contributed by atoms with Gasteiger partial charge in [0.2, 0.25) is 0 Å². The third-order valence-corrected chi connectivity index (χ3v) is 3.29. The minimum atomic E-state index is -0.376. The first-order valence-electron chi connectivity index (χ1n) is 6.50. The quantitative estimate of drug-likeness (QED) is 0.541. The van der Waals surface area contributed by atoms with E-state index in [4.69, 9.17) is 0 Å². The molecule has 21 heavy (non-hydrogen) atoms. The zero-order valence-corrected chi connectivity index (χ0v) is 11.4. The first kappa shape index (κ1) is 13.1. The van der Waals surface area contributed by atoms with Crippen molar-refractivity contribution in [1.29, 1.82) is 0 Å². The van der Waals surface area contributed by atoms with Crippen molar-refractivity contribution in [2.24, 2.45) is 0 Å². The van der Waals surface area contributed by atoms with Crippen molar-refractivity contribution in [2.45, 2.75) is 6.92 Å². The Bertz CT molecular complexity index is 791. The van der Waals surface area contributed by atoms with E-state index in [9.17, 15) is 10.1 Å². The van der Waals surface area contributed by atoms with E-state index in [1.165, 1.54) is 11.6 Å². The monoisotopic (exact) mass is 279 g/mol. The molecule has 1 aromatic heterocycles. The molecule has 1 heterocycles. The first-order chi connectivity index (χ1) is 10.1. The SMILES string of the molecule is Cc1ccc(-n2cc(-c3ccccc3[N+](=O)[O-])cn2)cc1. The molecule has 0 aliphatic heterocycles. The maximum Gasteiger partial charge on any atom is 0.277 e. The summed E-state index contributed by atoms with van der Waals surface area (Å²) in [6.07, 6.45) is 3.44. The highest BCUT2D eigenvalue weighted by Gasteiger charge is 2.15. The molecule has 0 saturated carbocycles. The van der Waals surface area contributed by atoms with E-state index in [1.54, 1.807) is 35.3 Å². The van der Waals surface area contributed by atoms with Gasteiger partial charge in [0.25, 0.3) is 5.69 Å². The van der Waals surface area contributed by atoms with Crippen LogP contribution < -0.4 is 0 Å². The van der Waals surface area contributed by atoms with Crippen LogP contribution in [0.5, 0.6) is 0 Å². The zero-order valence-electron chi connectivity index (χ0n) is 11.4. The Morgan fingerprint density at radius 3 is 2.52 bits per heavy atom. The van der Waals surface area contributed by atoms with Crippen molar-refractivity contribution in [1.82, 2.24) is 9.78 Å². The van der Waals surface area contributed by atoms with Gasteiger partial charge < -0.3 is 0 Å². The highest BCUT2D eigenvalue weighted by Crippen LogP contribution is 2.29. The number of benzene rings is 2. The van der Waals surface area contributed by atoms with Gasteiger partial charge in [-0.05, 0) is 25.1 Å². The van der Waals surface area contributed by atoms with Gasteiger partial charge in [-0.2, -0.15) is 5.10 Å². The lowest BCUT2D eigenvalue weighted by atomic mass is 10.1. The topological polar surface area (TPSA) is 61.0 Å². The van der Waals surface area contributed by atoms with Crippen LogP contribution in [-0.4, -0.2) is 14.7 Å². The molecule has 0 N–H and O–H groups in total. The minimum absolute atomic E-state index is 0.0842. The van der Waals surface area contributed by atoms with Crippen LogP contribution in [0.1, 0.15) is 5.56 Å². The van der Waals surface area contributed by atoms with Gasteiger partial charge in [0, 0.05) is 17.8 Å². The van der Waals surface area contributed by atoms with Gasteiger partial charge >= 0.3 is 0 Å². The Morgan fingerprint density at radius 2 is 1.81 bits per heavy atom. The number of nitrogens with zero attached hydrogens (tertiary/aromatic N) is 3. The van der Waals surface area contributed by atoms with Crippen LogP contribution in [0.15, 0.2) is 60.9 Å². The van der Waals surface area contributed by atoms with Gasteiger partial charge in [0.05, 0.1) is 22.4 Å². The van der Waals surface area contributed by atoms with E-state index in [0.29, 0.717) is 5.56 Å². The van der Waals surface area contributed by atoms with E-state index in [2.05, 4.69) is 5.10 Å². The van der Waals surface area contributed by atoms with E-state index in [0.717, 1.165) is 11.3 Å². The molecule has 5 heteroatoms. The fraction of sp³-hybridized carbons (Fsp3) is 0.0625. The summed E-state index contributed by atoms with van der Waals surface area (Å²) in [4.78, 5) is 10.7. The predicted octanol–water partition coefficient (Wildman–Crippen LogP) is 3.76. The lowest BCUT2D eigenvalue weighted by molar-refractivity contribution is -0.384. The van der Waals surface area contributed by atoms with Crippen LogP contribution in [0.3, 0.4) is 0 Å². The van der Waals surface area contributed by atoms with Crippen molar-refractivity contribution >= 4 is 5.69 Å². The highest BCUT2D eigenvalue weighted by molar-refractivity contribution is 5.72. The van der Waals surface area contributed by atoms with Crippen molar-refractivity contribution in [3.05, 3.63) is 76.6 Å². The van der Waals surface area contributed by atoms with Crippen LogP contribution in [0.4, 0.5) is 5.69 Å². The first-order valence-corrected chi connectivity index (χ1v) is 6.50. The van der Waals surface area contributed by atoms with Crippen LogP contribution >= 0.6 is 0 Å². The predicted molar refractivity (Wildman–Crippen MR) is 80.4 cm³/mol. The highest BCUT2D eigenvalue weighted by atomic mass is 16.6. The summed E-state index contributed by atoms with van der Waals surface area (Å²) in [6, 6.07) is 14.6.